The molecule has 1 aliphatic carbocycles. The van der Waals surface area contributed by atoms with Crippen LogP contribution in [0.25, 0.3) is 33.0 Å². The molecule has 0 bridgehead atoms. The highest BCUT2D eigenvalue weighted by molar-refractivity contribution is 6.15. The summed E-state index contributed by atoms with van der Waals surface area (Å²) in [5.41, 5.74) is 4.64. The van der Waals surface area contributed by atoms with Crippen molar-refractivity contribution in [3.8, 4) is 11.1 Å². The van der Waals surface area contributed by atoms with E-state index in [0.29, 0.717) is 34.0 Å². The maximum Gasteiger partial charge on any atom is 0.346 e. The van der Waals surface area contributed by atoms with Gasteiger partial charge in [0.1, 0.15) is 5.58 Å². The molecule has 0 aliphatic heterocycles. The number of aryl methyl sites for hydroxylation is 2. The van der Waals surface area contributed by atoms with Gasteiger partial charge < -0.3 is 4.42 Å². The van der Waals surface area contributed by atoms with Gasteiger partial charge in [-0.2, -0.15) is 0 Å². The Morgan fingerprint density at radius 3 is 2.56 bits per heavy atom. The fourth-order valence-electron chi connectivity index (χ4n) is 4.08. The second kappa shape index (κ2) is 5.88. The van der Waals surface area contributed by atoms with Crippen molar-refractivity contribution in [3.05, 3.63) is 75.8 Å². The Morgan fingerprint density at radius 2 is 1.70 bits per heavy atom. The van der Waals surface area contributed by atoms with E-state index in [1.807, 2.05) is 49.4 Å². The van der Waals surface area contributed by atoms with Crippen LogP contribution < -0.4 is 5.63 Å². The molecule has 2 aromatic heterocycles. The van der Waals surface area contributed by atoms with Gasteiger partial charge in [-0.25, -0.2) is 4.79 Å². The monoisotopic (exact) mass is 355 g/mol. The van der Waals surface area contributed by atoms with Crippen molar-refractivity contribution in [2.45, 2.75) is 26.2 Å². The largest absolute Gasteiger partial charge is 0.422 e. The molecule has 0 radical (unpaired) electrons. The standard InChI is InChI=1S/C23H17NO3/c1-13-7-2-3-8-14(13)19-20-16(10-6-11-17(20)25)24-22-15-9-4-5-12-18(15)27-23(26)21(19)22/h2-5,7-9,12H,6,10-11H2,1H3. The highest BCUT2D eigenvalue weighted by atomic mass is 16.4. The quantitative estimate of drug-likeness (QED) is 0.362. The van der Waals surface area contributed by atoms with Crippen LogP contribution in [0.2, 0.25) is 0 Å². The van der Waals surface area contributed by atoms with Gasteiger partial charge in [-0.1, -0.05) is 36.4 Å². The number of hydrogen-bond acceptors (Lipinski definition) is 4. The molecule has 27 heavy (non-hydrogen) atoms. The smallest absolute Gasteiger partial charge is 0.346 e. The summed E-state index contributed by atoms with van der Waals surface area (Å²) in [7, 11) is 0. The van der Waals surface area contributed by atoms with Crippen LogP contribution in [0.15, 0.2) is 57.7 Å². The maximum atomic E-state index is 13.0. The Morgan fingerprint density at radius 1 is 0.926 bits per heavy atom. The molecular weight excluding hydrogens is 338 g/mol. The number of nitrogens with zero attached hydrogens (tertiary/aromatic N) is 1. The molecule has 1 aliphatic rings. The third kappa shape index (κ3) is 2.33. The molecule has 0 fully saturated rings. The predicted octanol–water partition coefficient (Wildman–Crippen LogP) is 4.84. The van der Waals surface area contributed by atoms with E-state index in [1.54, 1.807) is 6.07 Å². The zero-order valence-corrected chi connectivity index (χ0v) is 14.9. The number of Topliss-reactive ketones (excluding diaryl/α,β-unsaturated/α-hetero) is 1. The lowest BCUT2D eigenvalue weighted by molar-refractivity contribution is 0.0972. The van der Waals surface area contributed by atoms with E-state index in [9.17, 15) is 9.59 Å². The normalized spacial score (nSPS) is 13.9. The summed E-state index contributed by atoms with van der Waals surface area (Å²) in [6, 6.07) is 15.3. The SMILES string of the molecule is Cc1ccccc1-c1c2c(nc3c1c(=O)oc1ccccc13)CCCC2=O. The first-order valence-electron chi connectivity index (χ1n) is 9.13. The van der Waals surface area contributed by atoms with E-state index >= 15 is 0 Å². The first-order chi connectivity index (χ1) is 13.1. The van der Waals surface area contributed by atoms with Crippen molar-refractivity contribution in [1.29, 1.82) is 0 Å². The van der Waals surface area contributed by atoms with Gasteiger partial charge in [0.15, 0.2) is 5.78 Å². The molecule has 0 unspecified atom stereocenters. The van der Waals surface area contributed by atoms with Crippen LogP contribution in [0.4, 0.5) is 0 Å². The van der Waals surface area contributed by atoms with E-state index in [4.69, 9.17) is 9.40 Å². The number of aromatic nitrogens is 1. The predicted molar refractivity (Wildman–Crippen MR) is 105 cm³/mol. The van der Waals surface area contributed by atoms with Crippen molar-refractivity contribution < 1.29 is 9.21 Å². The Bertz CT molecular complexity index is 1300. The lowest BCUT2D eigenvalue weighted by Gasteiger charge is -2.20. The molecule has 0 saturated carbocycles. The summed E-state index contributed by atoms with van der Waals surface area (Å²) < 4.78 is 5.60. The number of benzene rings is 2. The van der Waals surface area contributed by atoms with Crippen LogP contribution in [-0.4, -0.2) is 10.8 Å². The number of rotatable bonds is 1. The molecule has 4 aromatic rings. The molecule has 2 aromatic carbocycles. The molecule has 0 spiro atoms. The zero-order valence-electron chi connectivity index (χ0n) is 14.9. The highest BCUT2D eigenvalue weighted by Gasteiger charge is 2.28. The van der Waals surface area contributed by atoms with Gasteiger partial charge in [0, 0.05) is 22.9 Å². The van der Waals surface area contributed by atoms with Crippen LogP contribution in [0.5, 0.6) is 0 Å². The molecule has 0 atom stereocenters. The minimum Gasteiger partial charge on any atom is -0.422 e. The summed E-state index contributed by atoms with van der Waals surface area (Å²) in [6.45, 7) is 1.99. The third-order valence-corrected chi connectivity index (χ3v) is 5.33. The lowest BCUT2D eigenvalue weighted by Crippen LogP contribution is -2.17. The minimum absolute atomic E-state index is 0.0523. The molecule has 2 heterocycles. The van der Waals surface area contributed by atoms with E-state index < -0.39 is 5.63 Å². The number of para-hydroxylation sites is 1. The molecular formula is C23H17NO3. The van der Waals surface area contributed by atoms with Crippen molar-refractivity contribution in [1.82, 2.24) is 4.98 Å². The molecule has 0 amide bonds. The molecule has 0 saturated heterocycles. The topological polar surface area (TPSA) is 60.2 Å². The van der Waals surface area contributed by atoms with Crippen LogP contribution in [0.3, 0.4) is 0 Å². The van der Waals surface area contributed by atoms with Gasteiger partial charge in [0.2, 0.25) is 0 Å². The second-order valence-corrected chi connectivity index (χ2v) is 7.01. The fraction of sp³-hybridized carbons (Fsp3) is 0.174. The molecule has 132 valence electrons. The van der Waals surface area contributed by atoms with Gasteiger partial charge >= 0.3 is 5.63 Å². The summed E-state index contributed by atoms with van der Waals surface area (Å²) in [5, 5.41) is 1.19. The number of carbonyl (C=O) groups is 1. The van der Waals surface area contributed by atoms with Gasteiger partial charge in [0.05, 0.1) is 16.6 Å². The number of carbonyl (C=O) groups excluding carboxylic acids is 1. The second-order valence-electron chi connectivity index (χ2n) is 7.01. The third-order valence-electron chi connectivity index (χ3n) is 5.33. The van der Waals surface area contributed by atoms with Gasteiger partial charge in [-0.3, -0.25) is 9.78 Å². The number of hydrogen-bond donors (Lipinski definition) is 0. The van der Waals surface area contributed by atoms with Crippen molar-refractivity contribution in [3.63, 3.8) is 0 Å². The van der Waals surface area contributed by atoms with Gasteiger partial charge in [-0.15, -0.1) is 0 Å². The fourth-order valence-corrected chi connectivity index (χ4v) is 4.08. The van der Waals surface area contributed by atoms with Gasteiger partial charge in [0.25, 0.3) is 0 Å². The van der Waals surface area contributed by atoms with Crippen LogP contribution >= 0.6 is 0 Å². The van der Waals surface area contributed by atoms with E-state index in [1.165, 1.54) is 0 Å². The minimum atomic E-state index is -0.448. The number of ketones is 1. The molecule has 0 N–H and O–H groups in total. The van der Waals surface area contributed by atoms with Crippen molar-refractivity contribution in [2.75, 3.05) is 0 Å². The molecule has 4 nitrogen and oxygen atoms in total. The summed E-state index contributed by atoms with van der Waals surface area (Å²) in [6.07, 6.45) is 2.01. The first kappa shape index (κ1) is 15.9. The summed E-state index contributed by atoms with van der Waals surface area (Å²) in [4.78, 5) is 30.6. The van der Waals surface area contributed by atoms with Crippen LogP contribution in [0, 0.1) is 6.92 Å². The summed E-state index contributed by atoms with van der Waals surface area (Å²) in [5.74, 6) is 0.0523. The average Bonchev–Trinajstić information content (AvgIpc) is 2.67. The number of fused-ring (bicyclic) bond motifs is 4. The van der Waals surface area contributed by atoms with E-state index in [2.05, 4.69) is 0 Å². The van der Waals surface area contributed by atoms with E-state index in [-0.39, 0.29) is 5.78 Å². The average molecular weight is 355 g/mol. The Labute approximate surface area is 155 Å². The molecule has 4 heteroatoms. The lowest BCUT2D eigenvalue weighted by atomic mass is 9.85. The van der Waals surface area contributed by atoms with Gasteiger partial charge in [-0.05, 0) is 43.0 Å². The first-order valence-corrected chi connectivity index (χ1v) is 9.13. The van der Waals surface area contributed by atoms with E-state index in [0.717, 1.165) is 35.0 Å². The Kier molecular flexibility index (Phi) is 3.47. The number of pyridine rings is 1. The van der Waals surface area contributed by atoms with Crippen LogP contribution in [0.1, 0.15) is 34.5 Å². The molecule has 5 rings (SSSR count). The van der Waals surface area contributed by atoms with Crippen molar-refractivity contribution >= 4 is 27.7 Å². The van der Waals surface area contributed by atoms with Crippen LogP contribution in [-0.2, 0) is 6.42 Å². The zero-order chi connectivity index (χ0) is 18.5. The highest BCUT2D eigenvalue weighted by Crippen LogP contribution is 2.38. The Balaban J connectivity index is 2.07. The van der Waals surface area contributed by atoms with Crippen molar-refractivity contribution in [2.24, 2.45) is 0 Å². The summed E-state index contributed by atoms with van der Waals surface area (Å²) >= 11 is 0. The Hall–Kier alpha value is -3.27. The maximum absolute atomic E-state index is 13.0.